The fraction of sp³-hybridized carbons (Fsp3) is 0.615. The van der Waals surface area contributed by atoms with E-state index in [1.165, 1.54) is 6.08 Å². The Labute approximate surface area is 113 Å². The van der Waals surface area contributed by atoms with Crippen LogP contribution in [0.25, 0.3) is 0 Å². The van der Waals surface area contributed by atoms with Crippen molar-refractivity contribution < 1.29 is 24.5 Å². The highest BCUT2D eigenvalue weighted by molar-refractivity contribution is 5.87. The first kappa shape index (κ1) is 17.8. The number of hydrogen-bond donors (Lipinski definition) is 3. The molecule has 1 amide bonds. The maximum Gasteiger partial charge on any atom is 0.244 e. The molecular formula is C13H23NO5. The van der Waals surface area contributed by atoms with Gasteiger partial charge in [0, 0.05) is 0 Å². The molecule has 0 aliphatic rings. The maximum atomic E-state index is 11.4. The molecule has 0 aliphatic heterocycles. The van der Waals surface area contributed by atoms with Crippen molar-refractivity contribution in [2.24, 2.45) is 0 Å². The minimum Gasteiger partial charge on any atom is -0.394 e. The zero-order chi connectivity index (χ0) is 14.9. The highest BCUT2D eigenvalue weighted by Crippen LogP contribution is 2.09. The van der Waals surface area contributed by atoms with Crippen molar-refractivity contribution in [2.45, 2.75) is 31.8 Å². The van der Waals surface area contributed by atoms with E-state index in [0.717, 1.165) is 6.08 Å². The van der Waals surface area contributed by atoms with Crippen molar-refractivity contribution in [3.63, 3.8) is 0 Å². The van der Waals surface area contributed by atoms with Crippen LogP contribution in [0.4, 0.5) is 0 Å². The van der Waals surface area contributed by atoms with Crippen molar-refractivity contribution in [3.05, 3.63) is 25.3 Å². The van der Waals surface area contributed by atoms with E-state index in [4.69, 9.17) is 9.47 Å². The molecule has 1 unspecified atom stereocenters. The number of carbonyl (C=O) groups excluding carboxylic acids is 1. The largest absolute Gasteiger partial charge is 0.394 e. The van der Waals surface area contributed by atoms with Crippen LogP contribution in [0.2, 0.25) is 0 Å². The minimum atomic E-state index is -1.18. The van der Waals surface area contributed by atoms with Gasteiger partial charge < -0.3 is 25.0 Å². The number of nitrogens with one attached hydrogen (secondary N) is 1. The summed E-state index contributed by atoms with van der Waals surface area (Å²) in [5.74, 6) is -0.460. The molecule has 3 N–H and O–H groups in total. The van der Waals surface area contributed by atoms with Gasteiger partial charge in [0.1, 0.15) is 5.54 Å². The quantitative estimate of drug-likeness (QED) is 0.295. The van der Waals surface area contributed by atoms with E-state index in [0.29, 0.717) is 0 Å². The molecule has 0 heterocycles. The van der Waals surface area contributed by atoms with Crippen LogP contribution in [0, 0.1) is 0 Å². The van der Waals surface area contributed by atoms with Crippen LogP contribution in [0.15, 0.2) is 25.3 Å². The van der Waals surface area contributed by atoms with Gasteiger partial charge in [-0.25, -0.2) is 0 Å². The van der Waals surface area contributed by atoms with Crippen LogP contribution in [0.3, 0.4) is 0 Å². The molecule has 0 aromatic rings. The fourth-order valence-corrected chi connectivity index (χ4v) is 1.20. The van der Waals surface area contributed by atoms with E-state index in [1.807, 2.05) is 13.8 Å². The number of aliphatic hydroxyl groups excluding tert-OH is 2. The van der Waals surface area contributed by atoms with Gasteiger partial charge in [0.2, 0.25) is 5.91 Å². The number of aliphatic hydroxyl groups is 2. The molecule has 0 rings (SSSR count). The standard InChI is InChI=1S/C13H23NO5/c1-5-11(16)14-13(7-15,8-18-10(3)4)9-19-12(17)6-2/h5-6,10,12,15,17H,1-2,7-9H2,3-4H3,(H,14,16)/t12?,13-/m0/s1. The Morgan fingerprint density at radius 3 is 2.37 bits per heavy atom. The van der Waals surface area contributed by atoms with E-state index >= 15 is 0 Å². The number of hydrogen-bond acceptors (Lipinski definition) is 5. The summed E-state index contributed by atoms with van der Waals surface area (Å²) in [6.07, 6.45) is 1.03. The monoisotopic (exact) mass is 273 g/mol. The average molecular weight is 273 g/mol. The zero-order valence-electron chi connectivity index (χ0n) is 11.5. The van der Waals surface area contributed by atoms with Gasteiger partial charge in [-0.2, -0.15) is 0 Å². The fourth-order valence-electron chi connectivity index (χ4n) is 1.20. The molecule has 19 heavy (non-hydrogen) atoms. The smallest absolute Gasteiger partial charge is 0.244 e. The van der Waals surface area contributed by atoms with E-state index in [1.54, 1.807) is 0 Å². The van der Waals surface area contributed by atoms with E-state index in [9.17, 15) is 15.0 Å². The molecule has 0 spiro atoms. The molecular weight excluding hydrogens is 250 g/mol. The van der Waals surface area contributed by atoms with Gasteiger partial charge >= 0.3 is 0 Å². The first-order valence-corrected chi connectivity index (χ1v) is 5.98. The second-order valence-corrected chi connectivity index (χ2v) is 4.43. The van der Waals surface area contributed by atoms with Gasteiger partial charge in [-0.15, -0.1) is 0 Å². The number of ether oxygens (including phenoxy) is 2. The molecule has 0 bridgehead atoms. The SMILES string of the molecule is C=CC(=O)N[C@@](CO)(COC(C)C)COC(O)C=C. The summed E-state index contributed by atoms with van der Waals surface area (Å²) in [6.45, 7) is 9.90. The molecule has 0 aromatic carbocycles. The molecule has 0 saturated carbocycles. The van der Waals surface area contributed by atoms with Crippen LogP contribution >= 0.6 is 0 Å². The highest BCUT2D eigenvalue weighted by Gasteiger charge is 2.32. The normalized spacial score (nSPS) is 15.6. The van der Waals surface area contributed by atoms with Gasteiger partial charge in [-0.1, -0.05) is 13.2 Å². The van der Waals surface area contributed by atoms with Gasteiger partial charge in [0.25, 0.3) is 0 Å². The molecule has 0 saturated heterocycles. The lowest BCUT2D eigenvalue weighted by atomic mass is 10.0. The molecule has 6 heteroatoms. The van der Waals surface area contributed by atoms with Gasteiger partial charge in [0.15, 0.2) is 6.29 Å². The summed E-state index contributed by atoms with van der Waals surface area (Å²) in [4.78, 5) is 11.4. The van der Waals surface area contributed by atoms with E-state index in [-0.39, 0.29) is 19.3 Å². The van der Waals surface area contributed by atoms with Gasteiger partial charge in [-0.05, 0) is 26.0 Å². The van der Waals surface area contributed by atoms with Crippen molar-refractivity contribution in [1.29, 1.82) is 0 Å². The number of rotatable bonds is 10. The van der Waals surface area contributed by atoms with Crippen LogP contribution < -0.4 is 5.32 Å². The van der Waals surface area contributed by atoms with Crippen LogP contribution in [0.5, 0.6) is 0 Å². The lowest BCUT2D eigenvalue weighted by Gasteiger charge is -2.33. The first-order valence-electron chi connectivity index (χ1n) is 5.98. The topological polar surface area (TPSA) is 88.0 Å². The lowest BCUT2D eigenvalue weighted by molar-refractivity contribution is -0.130. The van der Waals surface area contributed by atoms with Gasteiger partial charge in [0.05, 0.1) is 25.9 Å². The summed E-state index contributed by atoms with van der Waals surface area (Å²) in [5, 5.41) is 21.4. The van der Waals surface area contributed by atoms with E-state index in [2.05, 4.69) is 18.5 Å². The second kappa shape index (κ2) is 8.82. The minimum absolute atomic E-state index is 0.0462. The van der Waals surface area contributed by atoms with Crippen molar-refractivity contribution >= 4 is 5.91 Å². The number of amides is 1. The Morgan fingerprint density at radius 2 is 1.95 bits per heavy atom. The molecule has 2 atom stereocenters. The predicted octanol–water partition coefficient (Wildman–Crippen LogP) is -0.0343. The summed E-state index contributed by atoms with van der Waals surface area (Å²) >= 11 is 0. The van der Waals surface area contributed by atoms with Crippen molar-refractivity contribution in [2.75, 3.05) is 19.8 Å². The summed E-state index contributed by atoms with van der Waals surface area (Å²) in [7, 11) is 0. The molecule has 110 valence electrons. The second-order valence-electron chi connectivity index (χ2n) is 4.43. The first-order chi connectivity index (χ1) is 8.89. The lowest BCUT2D eigenvalue weighted by Crippen LogP contribution is -2.58. The van der Waals surface area contributed by atoms with Crippen molar-refractivity contribution in [1.82, 2.24) is 5.32 Å². The average Bonchev–Trinajstić information content (AvgIpc) is 2.41. The zero-order valence-corrected chi connectivity index (χ0v) is 11.5. The van der Waals surface area contributed by atoms with Crippen LogP contribution in [0.1, 0.15) is 13.8 Å². The van der Waals surface area contributed by atoms with Crippen LogP contribution in [-0.2, 0) is 14.3 Å². The molecule has 0 radical (unpaired) electrons. The summed E-state index contributed by atoms with van der Waals surface area (Å²) < 4.78 is 10.5. The van der Waals surface area contributed by atoms with Crippen LogP contribution in [-0.4, -0.2) is 53.9 Å². The third-order valence-electron chi connectivity index (χ3n) is 2.30. The molecule has 6 nitrogen and oxygen atoms in total. The predicted molar refractivity (Wildman–Crippen MR) is 71.4 cm³/mol. The highest BCUT2D eigenvalue weighted by atomic mass is 16.6. The van der Waals surface area contributed by atoms with Gasteiger partial charge in [-0.3, -0.25) is 4.79 Å². The summed E-state index contributed by atoms with van der Waals surface area (Å²) in [6, 6.07) is 0. The number of carbonyl (C=O) groups is 1. The Morgan fingerprint density at radius 1 is 1.37 bits per heavy atom. The maximum absolute atomic E-state index is 11.4. The Kier molecular flexibility index (Phi) is 8.26. The molecule has 0 aromatic heterocycles. The Bertz CT molecular complexity index is 305. The third-order valence-corrected chi connectivity index (χ3v) is 2.30. The molecule has 0 fully saturated rings. The van der Waals surface area contributed by atoms with E-state index < -0.39 is 24.3 Å². The van der Waals surface area contributed by atoms with Crippen molar-refractivity contribution in [3.8, 4) is 0 Å². The molecule has 0 aliphatic carbocycles. The summed E-state index contributed by atoms with van der Waals surface area (Å²) in [5.41, 5.74) is -1.14. The Balaban J connectivity index is 4.77. The third kappa shape index (κ3) is 7.07. The Hall–Kier alpha value is -1.21.